The van der Waals surface area contributed by atoms with Gasteiger partial charge in [-0.1, -0.05) is 78.1 Å². The summed E-state index contributed by atoms with van der Waals surface area (Å²) in [7, 11) is 0. The minimum atomic E-state index is -0.0877. The van der Waals surface area contributed by atoms with Gasteiger partial charge >= 0.3 is 5.97 Å². The maximum atomic E-state index is 12.6. The molecule has 0 bridgehead atoms. The van der Waals surface area contributed by atoms with E-state index in [9.17, 15) is 4.79 Å². The van der Waals surface area contributed by atoms with E-state index in [1.54, 1.807) is 18.3 Å². The number of aromatic nitrogens is 1. The molecule has 0 aliphatic heterocycles. The van der Waals surface area contributed by atoms with Crippen molar-refractivity contribution in [1.29, 1.82) is 0 Å². The Balaban J connectivity index is 1.30. The van der Waals surface area contributed by atoms with Gasteiger partial charge < -0.3 is 9.47 Å². The molecule has 4 nitrogen and oxygen atoms in total. The molecule has 1 aromatic heterocycles. The van der Waals surface area contributed by atoms with Gasteiger partial charge in [0.15, 0.2) is 0 Å². The third kappa shape index (κ3) is 8.41. The Kier molecular flexibility index (Phi) is 10.8. The monoisotopic (exact) mass is 443 g/mol. The van der Waals surface area contributed by atoms with Crippen LogP contribution >= 0.6 is 0 Å². The lowest BCUT2D eigenvalue weighted by Gasteiger charge is -2.31. The number of unbranched alkanes of at least 4 members (excludes halogenated alkanes) is 2. The number of pyridine rings is 1. The topological polar surface area (TPSA) is 48.4 Å². The molecule has 0 saturated heterocycles. The van der Waals surface area contributed by atoms with Gasteiger partial charge in [0, 0.05) is 6.07 Å². The number of carbonyl (C=O) groups is 1. The lowest BCUT2D eigenvalue weighted by Crippen LogP contribution is -2.26. The van der Waals surface area contributed by atoms with E-state index in [1.165, 1.54) is 70.6 Å². The van der Waals surface area contributed by atoms with Gasteiger partial charge in [0.2, 0.25) is 5.88 Å². The predicted molar refractivity (Wildman–Crippen MR) is 130 cm³/mol. The fourth-order valence-electron chi connectivity index (χ4n) is 5.49. The van der Waals surface area contributed by atoms with Gasteiger partial charge in [-0.05, 0) is 55.9 Å². The van der Waals surface area contributed by atoms with Gasteiger partial charge in [-0.25, -0.2) is 4.98 Å². The van der Waals surface area contributed by atoms with Crippen LogP contribution in [0, 0.1) is 23.7 Å². The van der Waals surface area contributed by atoms with E-state index in [0.29, 0.717) is 18.2 Å². The Morgan fingerprint density at radius 3 is 2.00 bits per heavy atom. The number of carbonyl (C=O) groups excluding carboxylic acids is 1. The Hall–Kier alpha value is -1.58. The summed E-state index contributed by atoms with van der Waals surface area (Å²) in [4.78, 5) is 16.8. The molecule has 0 amide bonds. The highest BCUT2D eigenvalue weighted by Gasteiger charge is 2.29. The summed E-state index contributed by atoms with van der Waals surface area (Å²) in [6.07, 6.45) is 20.8. The number of rotatable bonds is 12. The van der Waals surface area contributed by atoms with E-state index in [2.05, 4.69) is 18.8 Å². The quantitative estimate of drug-likeness (QED) is 0.245. The standard InChI is InChI=1S/C28H45NO3/c1-3-5-7-22-8-10-23(11-9-22)12-13-24-14-16-25(17-15-24)28(30)32-26-18-19-27(29-21-26)31-20-6-4-2/h18-19,21-25H,3-17,20H2,1-2H3. The summed E-state index contributed by atoms with van der Waals surface area (Å²) in [5, 5.41) is 0. The maximum Gasteiger partial charge on any atom is 0.314 e. The lowest BCUT2D eigenvalue weighted by molar-refractivity contribution is -0.140. The lowest BCUT2D eigenvalue weighted by atomic mass is 9.75. The van der Waals surface area contributed by atoms with Crippen LogP contribution in [0.15, 0.2) is 18.3 Å². The van der Waals surface area contributed by atoms with Crippen molar-refractivity contribution in [1.82, 2.24) is 4.98 Å². The maximum absolute atomic E-state index is 12.6. The average Bonchev–Trinajstić information content (AvgIpc) is 2.83. The second-order valence-electron chi connectivity index (χ2n) is 10.3. The SMILES string of the molecule is CCCCOc1ccc(OC(=O)C2CCC(CCC3CCC(CCCC)CC3)CC2)cn1. The molecule has 0 spiro atoms. The van der Waals surface area contributed by atoms with E-state index in [4.69, 9.17) is 9.47 Å². The number of hydrogen-bond acceptors (Lipinski definition) is 4. The van der Waals surface area contributed by atoms with Gasteiger partial charge in [0.1, 0.15) is 5.75 Å². The van der Waals surface area contributed by atoms with Gasteiger partial charge in [0.05, 0.1) is 18.7 Å². The normalized spacial score (nSPS) is 25.9. The van der Waals surface area contributed by atoms with E-state index < -0.39 is 0 Å². The first-order valence-electron chi connectivity index (χ1n) is 13.5. The van der Waals surface area contributed by atoms with Crippen molar-refractivity contribution in [2.24, 2.45) is 23.7 Å². The number of hydrogen-bond donors (Lipinski definition) is 0. The van der Waals surface area contributed by atoms with Crippen LogP contribution in [0.4, 0.5) is 0 Å². The zero-order valence-electron chi connectivity index (χ0n) is 20.5. The summed E-state index contributed by atoms with van der Waals surface area (Å²) in [5.41, 5.74) is 0. The van der Waals surface area contributed by atoms with Crippen LogP contribution in [0.1, 0.15) is 110 Å². The molecule has 2 aliphatic carbocycles. The molecule has 1 aromatic rings. The van der Waals surface area contributed by atoms with E-state index >= 15 is 0 Å². The highest BCUT2D eigenvalue weighted by molar-refractivity contribution is 5.75. The van der Waals surface area contributed by atoms with E-state index in [0.717, 1.165) is 43.4 Å². The molecule has 0 N–H and O–H groups in total. The Bertz CT molecular complexity index is 643. The molecule has 0 unspecified atom stereocenters. The van der Waals surface area contributed by atoms with Crippen LogP contribution in [-0.2, 0) is 4.79 Å². The van der Waals surface area contributed by atoms with Gasteiger partial charge in [-0.15, -0.1) is 0 Å². The summed E-state index contributed by atoms with van der Waals surface area (Å²) in [6.45, 7) is 5.11. The third-order valence-corrected chi connectivity index (χ3v) is 7.77. The zero-order chi connectivity index (χ0) is 22.6. The molecule has 0 atom stereocenters. The largest absolute Gasteiger partial charge is 0.478 e. The molecule has 2 saturated carbocycles. The molecule has 180 valence electrons. The van der Waals surface area contributed by atoms with Crippen LogP contribution in [0.2, 0.25) is 0 Å². The van der Waals surface area contributed by atoms with Crippen LogP contribution in [0.3, 0.4) is 0 Å². The molecule has 3 rings (SSSR count). The predicted octanol–water partition coefficient (Wildman–Crippen LogP) is 7.75. The third-order valence-electron chi connectivity index (χ3n) is 7.77. The molecule has 4 heteroatoms. The summed E-state index contributed by atoms with van der Waals surface area (Å²) in [6, 6.07) is 3.57. The first-order valence-corrected chi connectivity index (χ1v) is 13.5. The van der Waals surface area contributed by atoms with Crippen molar-refractivity contribution in [2.45, 2.75) is 110 Å². The molecule has 32 heavy (non-hydrogen) atoms. The highest BCUT2D eigenvalue weighted by Crippen LogP contribution is 2.38. The fraction of sp³-hybridized carbons (Fsp3) is 0.786. The minimum Gasteiger partial charge on any atom is -0.478 e. The van der Waals surface area contributed by atoms with Crippen LogP contribution in [0.25, 0.3) is 0 Å². The van der Waals surface area contributed by atoms with Crippen molar-refractivity contribution in [3.05, 3.63) is 18.3 Å². The van der Waals surface area contributed by atoms with Gasteiger partial charge in [0.25, 0.3) is 0 Å². The molecular formula is C28H45NO3. The van der Waals surface area contributed by atoms with Crippen molar-refractivity contribution in [3.8, 4) is 11.6 Å². The Labute approximate surface area is 195 Å². The fourth-order valence-corrected chi connectivity index (χ4v) is 5.49. The smallest absolute Gasteiger partial charge is 0.314 e. The Morgan fingerprint density at radius 1 is 0.844 bits per heavy atom. The first kappa shape index (κ1) is 25.1. The average molecular weight is 444 g/mol. The van der Waals surface area contributed by atoms with Gasteiger partial charge in [-0.2, -0.15) is 0 Å². The molecule has 0 radical (unpaired) electrons. The summed E-state index contributed by atoms with van der Waals surface area (Å²) >= 11 is 0. The molecule has 0 aromatic carbocycles. The first-order chi connectivity index (χ1) is 15.7. The van der Waals surface area contributed by atoms with Gasteiger partial charge in [-0.3, -0.25) is 4.79 Å². The van der Waals surface area contributed by atoms with Crippen molar-refractivity contribution in [2.75, 3.05) is 6.61 Å². The molecule has 2 aliphatic rings. The minimum absolute atomic E-state index is 0.0423. The number of nitrogens with zero attached hydrogens (tertiary/aromatic N) is 1. The molecule has 2 fully saturated rings. The van der Waals surface area contributed by atoms with E-state index in [-0.39, 0.29) is 11.9 Å². The molecule has 1 heterocycles. The molecular weight excluding hydrogens is 398 g/mol. The van der Waals surface area contributed by atoms with Crippen LogP contribution < -0.4 is 9.47 Å². The highest BCUT2D eigenvalue weighted by atomic mass is 16.5. The van der Waals surface area contributed by atoms with Crippen molar-refractivity contribution in [3.63, 3.8) is 0 Å². The second-order valence-corrected chi connectivity index (χ2v) is 10.3. The van der Waals surface area contributed by atoms with Crippen molar-refractivity contribution < 1.29 is 14.3 Å². The van der Waals surface area contributed by atoms with Crippen molar-refractivity contribution >= 4 is 5.97 Å². The Morgan fingerprint density at radius 2 is 1.44 bits per heavy atom. The van der Waals surface area contributed by atoms with Crippen LogP contribution in [0.5, 0.6) is 11.6 Å². The number of esters is 1. The number of ether oxygens (including phenoxy) is 2. The second kappa shape index (κ2) is 13.9. The van der Waals surface area contributed by atoms with E-state index in [1.807, 2.05) is 0 Å². The summed E-state index contributed by atoms with van der Waals surface area (Å²) in [5.74, 6) is 3.83. The van der Waals surface area contributed by atoms with Crippen LogP contribution in [-0.4, -0.2) is 17.6 Å². The summed E-state index contributed by atoms with van der Waals surface area (Å²) < 4.78 is 11.2. The zero-order valence-corrected chi connectivity index (χ0v) is 20.5.